The lowest BCUT2D eigenvalue weighted by Crippen LogP contribution is -2.16. The molecule has 2 N–H and O–H groups in total. The molecule has 0 aliphatic heterocycles. The maximum atomic E-state index is 4.93. The third-order valence-corrected chi connectivity index (χ3v) is 2.87. The van der Waals surface area contributed by atoms with Crippen molar-refractivity contribution in [2.45, 2.75) is 13.0 Å². The van der Waals surface area contributed by atoms with E-state index in [9.17, 15) is 0 Å². The summed E-state index contributed by atoms with van der Waals surface area (Å²) in [5.74, 6) is 0.669. The molecular formula is C13H14N4O. The van der Waals surface area contributed by atoms with E-state index in [4.69, 9.17) is 4.52 Å². The van der Waals surface area contributed by atoms with E-state index in [0.717, 1.165) is 19.5 Å². The van der Waals surface area contributed by atoms with Crippen molar-refractivity contribution in [3.8, 4) is 0 Å². The highest BCUT2D eigenvalue weighted by molar-refractivity contribution is 5.79. The number of aromatic nitrogens is 3. The summed E-state index contributed by atoms with van der Waals surface area (Å²) in [7, 11) is 0. The number of hydrogen-bond donors (Lipinski definition) is 2. The molecule has 0 radical (unpaired) electrons. The van der Waals surface area contributed by atoms with Crippen molar-refractivity contribution in [2.24, 2.45) is 0 Å². The summed E-state index contributed by atoms with van der Waals surface area (Å²) in [6.45, 7) is 1.66. The standard InChI is InChI=1S/C13H14N4O/c1-2-11-3-6-15-12(11)7-10(1)8-14-5-4-13-16-9-17-18-13/h1-3,6-7,9,14-15H,4-5,8H2. The summed E-state index contributed by atoms with van der Waals surface area (Å²) in [4.78, 5) is 7.18. The van der Waals surface area contributed by atoms with Gasteiger partial charge < -0.3 is 14.8 Å². The second-order valence-corrected chi connectivity index (χ2v) is 4.16. The Hall–Kier alpha value is -2.14. The van der Waals surface area contributed by atoms with E-state index in [1.54, 1.807) is 0 Å². The largest absolute Gasteiger partial charge is 0.361 e. The monoisotopic (exact) mass is 242 g/mol. The quantitative estimate of drug-likeness (QED) is 0.670. The van der Waals surface area contributed by atoms with E-state index in [1.165, 1.54) is 22.8 Å². The van der Waals surface area contributed by atoms with Crippen molar-refractivity contribution >= 4 is 10.9 Å². The summed E-state index contributed by atoms with van der Waals surface area (Å²) in [6, 6.07) is 8.49. The van der Waals surface area contributed by atoms with E-state index in [1.807, 2.05) is 6.20 Å². The summed E-state index contributed by atoms with van der Waals surface area (Å²) in [6.07, 6.45) is 4.14. The number of H-pyrrole nitrogens is 1. The number of fused-ring (bicyclic) bond motifs is 1. The van der Waals surface area contributed by atoms with Crippen molar-refractivity contribution in [3.05, 3.63) is 48.2 Å². The number of hydrogen-bond acceptors (Lipinski definition) is 4. The van der Waals surface area contributed by atoms with Gasteiger partial charge in [0.2, 0.25) is 5.89 Å². The second-order valence-electron chi connectivity index (χ2n) is 4.16. The lowest BCUT2D eigenvalue weighted by molar-refractivity contribution is 0.375. The molecule has 0 bridgehead atoms. The van der Waals surface area contributed by atoms with Crippen molar-refractivity contribution in [1.82, 2.24) is 20.4 Å². The lowest BCUT2D eigenvalue weighted by atomic mass is 10.1. The Balaban J connectivity index is 1.53. The van der Waals surface area contributed by atoms with Gasteiger partial charge in [0.05, 0.1) is 0 Å². The number of nitrogens with one attached hydrogen (secondary N) is 2. The smallest absolute Gasteiger partial charge is 0.227 e. The molecule has 0 aliphatic rings. The molecule has 0 unspecified atom stereocenters. The van der Waals surface area contributed by atoms with Crippen LogP contribution in [0.2, 0.25) is 0 Å². The van der Waals surface area contributed by atoms with Crippen LogP contribution < -0.4 is 5.32 Å². The van der Waals surface area contributed by atoms with Gasteiger partial charge in [0.1, 0.15) is 0 Å². The van der Waals surface area contributed by atoms with E-state index in [2.05, 4.69) is 44.7 Å². The summed E-state index contributed by atoms with van der Waals surface area (Å²) in [5.41, 5.74) is 2.43. The first-order valence-corrected chi connectivity index (χ1v) is 5.94. The van der Waals surface area contributed by atoms with Crippen molar-refractivity contribution in [1.29, 1.82) is 0 Å². The Labute approximate surface area is 104 Å². The fourth-order valence-electron chi connectivity index (χ4n) is 1.94. The predicted octanol–water partition coefficient (Wildman–Crippen LogP) is 1.88. The maximum Gasteiger partial charge on any atom is 0.227 e. The minimum absolute atomic E-state index is 0.669. The van der Waals surface area contributed by atoms with E-state index >= 15 is 0 Å². The summed E-state index contributed by atoms with van der Waals surface area (Å²) >= 11 is 0. The molecule has 5 heteroatoms. The van der Waals surface area contributed by atoms with Crippen LogP contribution in [0.25, 0.3) is 10.9 Å². The van der Waals surface area contributed by atoms with Gasteiger partial charge in [-0.25, -0.2) is 0 Å². The average molecular weight is 242 g/mol. The Kier molecular flexibility index (Phi) is 3.06. The Morgan fingerprint density at radius 2 is 2.28 bits per heavy atom. The SMILES string of the molecule is c1noc(CCNCc2ccc3cc[nH]c3c2)n1. The number of rotatable bonds is 5. The Morgan fingerprint density at radius 1 is 1.28 bits per heavy atom. The molecule has 0 spiro atoms. The molecule has 3 aromatic rings. The van der Waals surface area contributed by atoms with Crippen molar-refractivity contribution in [2.75, 3.05) is 6.54 Å². The van der Waals surface area contributed by atoms with Crippen LogP contribution in [-0.4, -0.2) is 21.7 Å². The first-order valence-electron chi connectivity index (χ1n) is 5.94. The lowest BCUT2D eigenvalue weighted by Gasteiger charge is -2.03. The zero-order chi connectivity index (χ0) is 12.2. The van der Waals surface area contributed by atoms with Crippen molar-refractivity contribution < 1.29 is 4.52 Å². The predicted molar refractivity (Wildman–Crippen MR) is 68.0 cm³/mol. The zero-order valence-electron chi connectivity index (χ0n) is 9.89. The molecule has 0 saturated carbocycles. The fraction of sp³-hybridized carbons (Fsp3) is 0.231. The van der Waals surface area contributed by atoms with Crippen molar-refractivity contribution in [3.63, 3.8) is 0 Å². The van der Waals surface area contributed by atoms with Crippen LogP contribution in [0.1, 0.15) is 11.5 Å². The van der Waals surface area contributed by atoms with Crippen LogP contribution in [0.4, 0.5) is 0 Å². The van der Waals surface area contributed by atoms with Gasteiger partial charge in [-0.2, -0.15) is 4.98 Å². The van der Waals surface area contributed by atoms with Gasteiger partial charge >= 0.3 is 0 Å². The minimum Gasteiger partial charge on any atom is -0.361 e. The highest BCUT2D eigenvalue weighted by atomic mass is 16.5. The Bertz CT molecular complexity index is 615. The highest BCUT2D eigenvalue weighted by Crippen LogP contribution is 2.13. The van der Waals surface area contributed by atoms with Gasteiger partial charge in [-0.3, -0.25) is 0 Å². The molecular weight excluding hydrogens is 228 g/mol. The third-order valence-electron chi connectivity index (χ3n) is 2.87. The van der Waals surface area contributed by atoms with Crippen LogP contribution >= 0.6 is 0 Å². The highest BCUT2D eigenvalue weighted by Gasteiger charge is 1.99. The topological polar surface area (TPSA) is 66.7 Å². The van der Waals surface area contributed by atoms with E-state index in [0.29, 0.717) is 5.89 Å². The molecule has 0 aliphatic carbocycles. The van der Waals surface area contributed by atoms with Crippen LogP contribution in [0.3, 0.4) is 0 Å². The van der Waals surface area contributed by atoms with Gasteiger partial charge in [-0.1, -0.05) is 17.3 Å². The molecule has 3 rings (SSSR count). The van der Waals surface area contributed by atoms with E-state index in [-0.39, 0.29) is 0 Å². The van der Waals surface area contributed by atoms with Gasteiger partial charge in [-0.05, 0) is 23.1 Å². The minimum atomic E-state index is 0.669. The fourth-order valence-corrected chi connectivity index (χ4v) is 1.94. The number of aromatic amines is 1. The molecule has 0 fully saturated rings. The van der Waals surface area contributed by atoms with Crippen LogP contribution in [0, 0.1) is 0 Å². The maximum absolute atomic E-state index is 4.93. The second kappa shape index (κ2) is 5.01. The molecule has 0 amide bonds. The van der Waals surface area contributed by atoms with Gasteiger partial charge in [-0.15, -0.1) is 0 Å². The summed E-state index contributed by atoms with van der Waals surface area (Å²) in [5, 5.41) is 8.16. The Morgan fingerprint density at radius 3 is 3.17 bits per heavy atom. The molecule has 0 saturated heterocycles. The van der Waals surface area contributed by atoms with Gasteiger partial charge in [0, 0.05) is 31.2 Å². The van der Waals surface area contributed by atoms with Crippen LogP contribution in [0.5, 0.6) is 0 Å². The summed E-state index contributed by atoms with van der Waals surface area (Å²) < 4.78 is 4.93. The zero-order valence-corrected chi connectivity index (χ0v) is 9.89. The molecule has 2 heterocycles. The number of benzene rings is 1. The van der Waals surface area contributed by atoms with Gasteiger partial charge in [0.25, 0.3) is 0 Å². The molecule has 0 atom stereocenters. The molecule has 5 nitrogen and oxygen atoms in total. The van der Waals surface area contributed by atoms with Crippen LogP contribution in [-0.2, 0) is 13.0 Å². The normalized spacial score (nSPS) is 11.1. The first kappa shape index (κ1) is 11.0. The molecule has 2 aromatic heterocycles. The first-order chi connectivity index (χ1) is 8.92. The number of nitrogens with zero attached hydrogens (tertiary/aromatic N) is 2. The average Bonchev–Trinajstić information content (AvgIpc) is 3.05. The van der Waals surface area contributed by atoms with Gasteiger partial charge in [0.15, 0.2) is 6.33 Å². The molecule has 1 aromatic carbocycles. The van der Waals surface area contributed by atoms with E-state index < -0.39 is 0 Å². The third kappa shape index (κ3) is 2.41. The molecule has 92 valence electrons. The molecule has 18 heavy (non-hydrogen) atoms. The van der Waals surface area contributed by atoms with Crippen LogP contribution in [0.15, 0.2) is 41.3 Å².